The van der Waals surface area contributed by atoms with Crippen molar-refractivity contribution in [3.05, 3.63) is 68.9 Å². The van der Waals surface area contributed by atoms with Gasteiger partial charge in [0.25, 0.3) is 0 Å². The molecule has 0 aliphatic carbocycles. The lowest BCUT2D eigenvalue weighted by Gasteiger charge is -2.29. The Balaban J connectivity index is 2.24. The van der Waals surface area contributed by atoms with E-state index < -0.39 is 9.04 Å². The van der Waals surface area contributed by atoms with Gasteiger partial charge in [-0.25, -0.2) is 4.39 Å². The molecule has 0 heterocycles. The van der Waals surface area contributed by atoms with Crippen molar-refractivity contribution in [2.45, 2.75) is 77.9 Å². The number of carbonyl (C=O) groups excluding carboxylic acids is 1. The molecule has 6 heteroatoms. The molecule has 0 radical (unpaired) electrons. The molecule has 32 heavy (non-hydrogen) atoms. The lowest BCUT2D eigenvalue weighted by Crippen LogP contribution is -2.43. The van der Waals surface area contributed by atoms with Gasteiger partial charge < -0.3 is 9.74 Å². The molecule has 0 saturated carbocycles. The zero-order valence-corrected chi connectivity index (χ0v) is 23.1. The van der Waals surface area contributed by atoms with Gasteiger partial charge in [0.2, 0.25) is 5.91 Å². The molecule has 176 valence electrons. The molecule has 3 nitrogen and oxygen atoms in total. The summed E-state index contributed by atoms with van der Waals surface area (Å²) in [6.45, 7) is 15.4. The molecule has 2 aromatic carbocycles. The number of aryl methyl sites for hydroxylation is 1. The molecule has 2 unspecified atom stereocenters. The van der Waals surface area contributed by atoms with Crippen molar-refractivity contribution in [1.82, 2.24) is 5.32 Å². The van der Waals surface area contributed by atoms with Crippen LogP contribution in [0.3, 0.4) is 0 Å². The molecular weight excluding hydrogens is 485 g/mol. The molecule has 0 aromatic heterocycles. The van der Waals surface area contributed by atoms with Crippen molar-refractivity contribution < 1.29 is 13.6 Å². The number of halogens is 2. The second kappa shape index (κ2) is 11.6. The first-order valence-corrected chi connectivity index (χ1v) is 14.3. The van der Waals surface area contributed by atoms with Crippen LogP contribution in [0.2, 0.25) is 11.6 Å². The quantitative estimate of drug-likeness (QED) is 0.384. The summed E-state index contributed by atoms with van der Waals surface area (Å²) in [6.07, 6.45) is 0.677. The number of hydrogen-bond donors (Lipinski definition) is 1. The maximum atomic E-state index is 14.3. The third-order valence-corrected chi connectivity index (χ3v) is 9.92. The van der Waals surface area contributed by atoms with E-state index in [2.05, 4.69) is 68.5 Å². The van der Waals surface area contributed by atoms with Crippen LogP contribution in [0, 0.1) is 12.7 Å². The highest BCUT2D eigenvalue weighted by Gasteiger charge is 2.26. The van der Waals surface area contributed by atoms with E-state index in [0.29, 0.717) is 24.5 Å². The first-order valence-electron chi connectivity index (χ1n) is 11.3. The van der Waals surface area contributed by atoms with E-state index in [-0.39, 0.29) is 29.2 Å². The van der Waals surface area contributed by atoms with Crippen molar-refractivity contribution in [1.29, 1.82) is 0 Å². The van der Waals surface area contributed by atoms with Gasteiger partial charge >= 0.3 is 0 Å². The summed E-state index contributed by atoms with van der Waals surface area (Å²) in [7, 11) is -1.45. The second-order valence-corrected chi connectivity index (χ2v) is 14.2. The maximum Gasteiger partial charge on any atom is 0.224 e. The molecule has 2 rings (SSSR count). The van der Waals surface area contributed by atoms with Crippen molar-refractivity contribution in [2.75, 3.05) is 6.61 Å². The largest absolute Gasteiger partial charge is 0.418 e. The highest BCUT2D eigenvalue weighted by atomic mass is 79.9. The minimum absolute atomic E-state index is 0.0221. The van der Waals surface area contributed by atoms with Crippen molar-refractivity contribution in [2.24, 2.45) is 0 Å². The predicted octanol–water partition coefficient (Wildman–Crippen LogP) is 6.46. The van der Waals surface area contributed by atoms with E-state index in [4.69, 9.17) is 4.43 Å². The van der Waals surface area contributed by atoms with E-state index in [9.17, 15) is 9.18 Å². The Morgan fingerprint density at radius 1 is 1.16 bits per heavy atom. The predicted molar refractivity (Wildman–Crippen MR) is 137 cm³/mol. The summed E-state index contributed by atoms with van der Waals surface area (Å²) in [6, 6.07) is 10.9. The smallest absolute Gasteiger partial charge is 0.224 e. The van der Waals surface area contributed by atoms with Crippen LogP contribution in [0.25, 0.3) is 0 Å². The van der Waals surface area contributed by atoms with Crippen LogP contribution in [-0.4, -0.2) is 27.6 Å². The van der Waals surface area contributed by atoms with E-state index in [1.54, 1.807) is 6.07 Å². The molecule has 1 amide bonds. The molecule has 0 bridgehead atoms. The minimum atomic E-state index is -1.45. The lowest BCUT2D eigenvalue weighted by atomic mass is 9.93. The van der Waals surface area contributed by atoms with Crippen LogP contribution < -0.4 is 5.32 Å². The number of hydrogen-bond acceptors (Lipinski definition) is 2. The third-order valence-electron chi connectivity index (χ3n) is 6.05. The Bertz CT molecular complexity index is 906. The molecule has 1 N–H and O–H groups in total. The van der Waals surface area contributed by atoms with Crippen LogP contribution >= 0.6 is 15.9 Å². The van der Waals surface area contributed by atoms with Gasteiger partial charge in [0.05, 0.1) is 19.1 Å². The summed E-state index contributed by atoms with van der Waals surface area (Å²) >= 11 is 3.70. The second-order valence-electron chi connectivity index (χ2n) is 9.98. The number of rotatable bonds is 9. The summed E-state index contributed by atoms with van der Waals surface area (Å²) in [5, 5.41) is 3.27. The summed E-state index contributed by atoms with van der Waals surface area (Å²) in [5.74, 6) is -0.159. The van der Waals surface area contributed by atoms with E-state index in [0.717, 1.165) is 10.0 Å². The first kappa shape index (κ1) is 26.7. The standard InChI is InChI=1S/C26H37BrFNO2Si/c1-17(2)20-11-9-12-23(27)22(20)14-19(16-31-32(7)26(4,5)6)29-25(30)15-21-18(3)10-8-13-24(21)28/h8-13,17,19,32H,14-16H2,1-7H3,(H,29,30). The maximum absolute atomic E-state index is 14.3. The Hall–Kier alpha value is -1.50. The first-order chi connectivity index (χ1) is 14.9. The van der Waals surface area contributed by atoms with Crippen LogP contribution in [0.15, 0.2) is 40.9 Å². The van der Waals surface area contributed by atoms with Gasteiger partial charge in [-0.05, 0) is 59.7 Å². The molecule has 2 atom stereocenters. The fourth-order valence-corrected chi connectivity index (χ4v) is 5.13. The Morgan fingerprint density at radius 2 is 1.81 bits per heavy atom. The fraction of sp³-hybridized carbons (Fsp3) is 0.500. The van der Waals surface area contributed by atoms with Crippen LogP contribution in [-0.2, 0) is 22.1 Å². The molecule has 0 spiro atoms. The number of carbonyl (C=O) groups is 1. The normalized spacial score (nSPS) is 13.8. The molecule has 2 aromatic rings. The monoisotopic (exact) mass is 521 g/mol. The van der Waals surface area contributed by atoms with Crippen molar-refractivity contribution >= 4 is 30.9 Å². The summed E-state index contributed by atoms with van der Waals surface area (Å²) < 4.78 is 21.6. The minimum Gasteiger partial charge on any atom is -0.418 e. The van der Waals surface area contributed by atoms with Crippen molar-refractivity contribution in [3.8, 4) is 0 Å². The number of benzene rings is 2. The van der Waals surface area contributed by atoms with Gasteiger partial charge in [0, 0.05) is 10.0 Å². The van der Waals surface area contributed by atoms with Crippen LogP contribution in [0.5, 0.6) is 0 Å². The summed E-state index contributed by atoms with van der Waals surface area (Å²) in [5.41, 5.74) is 3.67. The van der Waals surface area contributed by atoms with E-state index >= 15 is 0 Å². The Morgan fingerprint density at radius 3 is 2.41 bits per heavy atom. The SMILES string of the molecule is Cc1cccc(F)c1CC(=O)NC(CO[SiH](C)C(C)(C)C)Cc1c(Br)cccc1C(C)C. The van der Waals surface area contributed by atoms with Gasteiger partial charge in [0.1, 0.15) is 5.82 Å². The highest BCUT2D eigenvalue weighted by molar-refractivity contribution is 9.10. The molecule has 0 fully saturated rings. The molecular formula is C26H37BrFNO2Si. The average molecular weight is 523 g/mol. The highest BCUT2D eigenvalue weighted by Crippen LogP contribution is 2.29. The molecule has 0 saturated heterocycles. The van der Waals surface area contributed by atoms with E-state index in [1.165, 1.54) is 17.2 Å². The summed E-state index contributed by atoms with van der Waals surface area (Å²) in [4.78, 5) is 12.9. The Kier molecular flexibility index (Phi) is 9.67. The van der Waals surface area contributed by atoms with E-state index in [1.807, 2.05) is 25.1 Å². The zero-order valence-electron chi connectivity index (χ0n) is 20.4. The number of nitrogens with one attached hydrogen (secondary N) is 1. The van der Waals surface area contributed by atoms with Gasteiger partial charge in [-0.3, -0.25) is 4.79 Å². The molecule has 0 aliphatic rings. The average Bonchev–Trinajstić information content (AvgIpc) is 2.69. The number of amides is 1. The van der Waals surface area contributed by atoms with Gasteiger partial charge in [-0.1, -0.05) is 74.8 Å². The van der Waals surface area contributed by atoms with Crippen LogP contribution in [0.4, 0.5) is 4.39 Å². The van der Waals surface area contributed by atoms with Gasteiger partial charge in [-0.15, -0.1) is 0 Å². The van der Waals surface area contributed by atoms with Gasteiger partial charge in [0.15, 0.2) is 9.04 Å². The Labute approximate surface area is 203 Å². The van der Waals surface area contributed by atoms with Crippen molar-refractivity contribution in [3.63, 3.8) is 0 Å². The molecule has 0 aliphatic heterocycles. The zero-order chi connectivity index (χ0) is 24.1. The van der Waals surface area contributed by atoms with Crippen LogP contribution in [0.1, 0.15) is 62.8 Å². The lowest BCUT2D eigenvalue weighted by molar-refractivity contribution is -0.121. The fourth-order valence-electron chi connectivity index (χ4n) is 3.57. The van der Waals surface area contributed by atoms with Gasteiger partial charge in [-0.2, -0.15) is 0 Å². The third kappa shape index (κ3) is 7.53. The topological polar surface area (TPSA) is 38.3 Å².